The maximum Gasteiger partial charge on any atom is 0.312 e. The highest BCUT2D eigenvalue weighted by atomic mass is 16.5. The summed E-state index contributed by atoms with van der Waals surface area (Å²) in [5, 5.41) is 0. The van der Waals surface area contributed by atoms with Gasteiger partial charge in [0.1, 0.15) is 0 Å². The van der Waals surface area contributed by atoms with Crippen molar-refractivity contribution in [2.24, 2.45) is 0 Å². The van der Waals surface area contributed by atoms with E-state index in [1.807, 2.05) is 37.3 Å². The number of carbonyl (C=O) groups excluding carboxylic acids is 1. The van der Waals surface area contributed by atoms with Crippen LogP contribution in [0.3, 0.4) is 0 Å². The minimum Gasteiger partial charge on any atom is -0.469 e. The molecule has 0 amide bonds. The van der Waals surface area contributed by atoms with E-state index in [1.54, 1.807) is 0 Å². The van der Waals surface area contributed by atoms with Crippen molar-refractivity contribution in [3.63, 3.8) is 0 Å². The third-order valence-corrected chi connectivity index (χ3v) is 3.48. The van der Waals surface area contributed by atoms with E-state index in [0.717, 1.165) is 16.7 Å². The number of esters is 1. The molecule has 98 valence electrons. The molecule has 0 saturated heterocycles. The highest BCUT2D eigenvalue weighted by molar-refractivity contribution is 5.80. The summed E-state index contributed by atoms with van der Waals surface area (Å²) in [6.45, 7) is 3.93. The first kappa shape index (κ1) is 13.3. The first-order valence-electron chi connectivity index (χ1n) is 6.38. The largest absolute Gasteiger partial charge is 0.469 e. The summed E-state index contributed by atoms with van der Waals surface area (Å²) in [5.41, 5.74) is 4.48. The van der Waals surface area contributed by atoms with Gasteiger partial charge >= 0.3 is 5.97 Å². The van der Waals surface area contributed by atoms with Crippen molar-refractivity contribution in [1.82, 2.24) is 0 Å². The van der Waals surface area contributed by atoms with Crippen LogP contribution in [0.5, 0.6) is 0 Å². The fraction of sp³-hybridized carbons (Fsp3) is 0.235. The number of methoxy groups -OCH3 is 1. The maximum absolute atomic E-state index is 11.7. The molecule has 0 spiro atoms. The number of rotatable bonds is 3. The lowest BCUT2D eigenvalue weighted by molar-refractivity contribution is -0.142. The summed E-state index contributed by atoms with van der Waals surface area (Å²) in [7, 11) is 1.43. The predicted octanol–water partition coefficient (Wildman–Crippen LogP) is 3.94. The van der Waals surface area contributed by atoms with Crippen LogP contribution in [-0.2, 0) is 9.53 Å². The molecule has 19 heavy (non-hydrogen) atoms. The standard InChI is InChI=1S/C17H18O2/c1-12-15(13(2)17(18)19-3)10-7-11-16(12)14-8-5-4-6-9-14/h4-11,13H,1-3H3. The van der Waals surface area contributed by atoms with E-state index >= 15 is 0 Å². The molecule has 1 atom stereocenters. The van der Waals surface area contributed by atoms with E-state index in [4.69, 9.17) is 4.74 Å². The third-order valence-electron chi connectivity index (χ3n) is 3.48. The molecule has 0 aliphatic rings. The van der Waals surface area contributed by atoms with Crippen molar-refractivity contribution in [2.75, 3.05) is 7.11 Å². The van der Waals surface area contributed by atoms with Crippen LogP contribution in [0.25, 0.3) is 11.1 Å². The summed E-state index contributed by atoms with van der Waals surface area (Å²) < 4.78 is 4.83. The summed E-state index contributed by atoms with van der Waals surface area (Å²) >= 11 is 0. The average molecular weight is 254 g/mol. The van der Waals surface area contributed by atoms with Crippen molar-refractivity contribution in [1.29, 1.82) is 0 Å². The number of ether oxygens (including phenoxy) is 1. The molecule has 0 bridgehead atoms. The Morgan fingerprint density at radius 1 is 1.05 bits per heavy atom. The second-order valence-corrected chi connectivity index (χ2v) is 4.63. The van der Waals surface area contributed by atoms with Crippen LogP contribution in [-0.4, -0.2) is 13.1 Å². The quantitative estimate of drug-likeness (QED) is 0.775. The maximum atomic E-state index is 11.7. The zero-order valence-electron chi connectivity index (χ0n) is 11.5. The van der Waals surface area contributed by atoms with Crippen LogP contribution >= 0.6 is 0 Å². The van der Waals surface area contributed by atoms with Crippen molar-refractivity contribution in [2.45, 2.75) is 19.8 Å². The van der Waals surface area contributed by atoms with Gasteiger partial charge in [-0.3, -0.25) is 4.79 Å². The third kappa shape index (κ3) is 2.68. The molecule has 2 aromatic carbocycles. The Bertz CT molecular complexity index is 573. The molecule has 0 saturated carbocycles. The van der Waals surface area contributed by atoms with E-state index in [0.29, 0.717) is 0 Å². The average Bonchev–Trinajstić information content (AvgIpc) is 2.47. The molecule has 0 fully saturated rings. The zero-order valence-corrected chi connectivity index (χ0v) is 11.5. The van der Waals surface area contributed by atoms with Gasteiger partial charge in [-0.15, -0.1) is 0 Å². The lowest BCUT2D eigenvalue weighted by Gasteiger charge is -2.15. The van der Waals surface area contributed by atoms with E-state index < -0.39 is 0 Å². The summed E-state index contributed by atoms with van der Waals surface area (Å²) in [5.74, 6) is -0.443. The Balaban J connectivity index is 2.47. The number of hydrogen-bond acceptors (Lipinski definition) is 2. The van der Waals surface area contributed by atoms with Gasteiger partial charge in [-0.05, 0) is 36.1 Å². The van der Waals surface area contributed by atoms with Gasteiger partial charge in [0.15, 0.2) is 0 Å². The van der Waals surface area contributed by atoms with Crippen LogP contribution in [0.4, 0.5) is 0 Å². The normalized spacial score (nSPS) is 11.9. The Labute approximate surface area is 114 Å². The molecular weight excluding hydrogens is 236 g/mol. The monoisotopic (exact) mass is 254 g/mol. The molecule has 0 aliphatic carbocycles. The first-order chi connectivity index (χ1) is 9.15. The van der Waals surface area contributed by atoms with Gasteiger partial charge in [-0.25, -0.2) is 0 Å². The van der Waals surface area contributed by atoms with Crippen LogP contribution < -0.4 is 0 Å². The smallest absolute Gasteiger partial charge is 0.312 e. The molecule has 0 aliphatic heterocycles. The van der Waals surface area contributed by atoms with Gasteiger partial charge in [0, 0.05) is 0 Å². The topological polar surface area (TPSA) is 26.3 Å². The Hall–Kier alpha value is -2.09. The molecule has 2 aromatic rings. The van der Waals surface area contributed by atoms with Gasteiger partial charge in [0.05, 0.1) is 13.0 Å². The Morgan fingerprint density at radius 2 is 1.74 bits per heavy atom. The van der Waals surface area contributed by atoms with Crippen LogP contribution in [0.1, 0.15) is 24.0 Å². The lowest BCUT2D eigenvalue weighted by Crippen LogP contribution is -2.12. The first-order valence-corrected chi connectivity index (χ1v) is 6.38. The molecule has 0 radical (unpaired) electrons. The molecule has 2 rings (SSSR count). The van der Waals surface area contributed by atoms with E-state index in [2.05, 4.69) is 25.1 Å². The Morgan fingerprint density at radius 3 is 2.37 bits per heavy atom. The lowest BCUT2D eigenvalue weighted by atomic mass is 9.90. The van der Waals surface area contributed by atoms with Crippen molar-refractivity contribution in [3.05, 3.63) is 59.7 Å². The van der Waals surface area contributed by atoms with Crippen molar-refractivity contribution < 1.29 is 9.53 Å². The number of carbonyl (C=O) groups is 1. The SMILES string of the molecule is COC(=O)C(C)c1cccc(-c2ccccc2)c1C. The van der Waals surface area contributed by atoms with E-state index in [9.17, 15) is 4.79 Å². The highest BCUT2D eigenvalue weighted by Crippen LogP contribution is 2.29. The van der Waals surface area contributed by atoms with Gasteiger partial charge in [-0.2, -0.15) is 0 Å². The minimum absolute atomic E-state index is 0.201. The van der Waals surface area contributed by atoms with Gasteiger partial charge < -0.3 is 4.74 Å². The Kier molecular flexibility index (Phi) is 4.00. The summed E-state index contributed by atoms with van der Waals surface area (Å²) in [6, 6.07) is 16.3. The molecule has 2 heteroatoms. The van der Waals surface area contributed by atoms with Gasteiger partial charge in [0.2, 0.25) is 0 Å². The van der Waals surface area contributed by atoms with E-state index in [1.165, 1.54) is 12.7 Å². The predicted molar refractivity (Wildman–Crippen MR) is 77.0 cm³/mol. The van der Waals surface area contributed by atoms with Crippen molar-refractivity contribution >= 4 is 5.97 Å². The second-order valence-electron chi connectivity index (χ2n) is 4.63. The van der Waals surface area contributed by atoms with Crippen LogP contribution in [0.15, 0.2) is 48.5 Å². The van der Waals surface area contributed by atoms with Gasteiger partial charge in [0.25, 0.3) is 0 Å². The van der Waals surface area contributed by atoms with Crippen molar-refractivity contribution in [3.8, 4) is 11.1 Å². The fourth-order valence-electron chi connectivity index (χ4n) is 2.36. The van der Waals surface area contributed by atoms with Crippen LogP contribution in [0, 0.1) is 6.92 Å². The van der Waals surface area contributed by atoms with Crippen LogP contribution in [0.2, 0.25) is 0 Å². The molecule has 0 aromatic heterocycles. The highest BCUT2D eigenvalue weighted by Gasteiger charge is 2.18. The minimum atomic E-state index is -0.242. The number of hydrogen-bond donors (Lipinski definition) is 0. The van der Waals surface area contributed by atoms with Gasteiger partial charge in [-0.1, -0.05) is 48.5 Å². The molecular formula is C17H18O2. The number of benzene rings is 2. The molecule has 1 unspecified atom stereocenters. The summed E-state index contributed by atoms with van der Waals surface area (Å²) in [4.78, 5) is 11.7. The second kappa shape index (κ2) is 5.70. The van der Waals surface area contributed by atoms with E-state index in [-0.39, 0.29) is 11.9 Å². The fourth-order valence-corrected chi connectivity index (χ4v) is 2.36. The molecule has 2 nitrogen and oxygen atoms in total. The molecule has 0 heterocycles. The summed E-state index contributed by atoms with van der Waals surface area (Å²) in [6.07, 6.45) is 0. The zero-order chi connectivity index (χ0) is 13.8. The molecule has 0 N–H and O–H groups in total.